The van der Waals surface area contributed by atoms with Crippen LogP contribution in [0.1, 0.15) is 86.5 Å². The van der Waals surface area contributed by atoms with Crippen molar-refractivity contribution in [1.82, 2.24) is 9.88 Å². The molecule has 34 heavy (non-hydrogen) atoms. The van der Waals surface area contributed by atoms with Gasteiger partial charge in [-0.25, -0.2) is 4.39 Å². The van der Waals surface area contributed by atoms with Gasteiger partial charge in [-0.1, -0.05) is 18.9 Å². The molecule has 0 atom stereocenters. The summed E-state index contributed by atoms with van der Waals surface area (Å²) in [7, 11) is 12.1. The molecule has 9 heteroatoms. The number of hydrogen-bond acceptors (Lipinski definition) is 4. The number of aromatic nitrogens is 1. The largest absolute Gasteiger partial charge is 0.494 e. The van der Waals surface area contributed by atoms with E-state index >= 15 is 4.39 Å². The number of carbonyl (C=O) groups excluding carboxylic acids is 1. The summed E-state index contributed by atoms with van der Waals surface area (Å²) in [5, 5.41) is -1.61. The minimum atomic E-state index is -1.61. The maximum absolute atomic E-state index is 15.8. The van der Waals surface area contributed by atoms with Gasteiger partial charge in [-0.2, -0.15) is 0 Å². The van der Waals surface area contributed by atoms with Gasteiger partial charge in [0.1, 0.15) is 5.82 Å². The third kappa shape index (κ3) is 3.63. The Bertz CT molecular complexity index is 1130. The van der Waals surface area contributed by atoms with E-state index in [0.29, 0.717) is 22.3 Å². The summed E-state index contributed by atoms with van der Waals surface area (Å²) in [6.07, 6.45) is 5.65. The van der Waals surface area contributed by atoms with E-state index in [9.17, 15) is 4.79 Å². The van der Waals surface area contributed by atoms with Crippen molar-refractivity contribution in [1.29, 1.82) is 0 Å². The van der Waals surface area contributed by atoms with Crippen molar-refractivity contribution in [3.8, 4) is 0 Å². The number of fused-ring (bicyclic) bond motifs is 1. The second kappa shape index (κ2) is 7.95. The van der Waals surface area contributed by atoms with Gasteiger partial charge in [-0.3, -0.25) is 9.78 Å². The molecule has 2 aliphatic heterocycles. The topological polar surface area (TPSA) is 51.7 Å². The molecule has 0 N–H and O–H groups in total. The number of hydrogen-bond donors (Lipinski definition) is 0. The maximum Gasteiger partial charge on any atom is 0.494 e. The fraction of sp³-hybridized carbons (Fsp3) is 0.520. The van der Waals surface area contributed by atoms with Gasteiger partial charge in [0.15, 0.2) is 0 Å². The zero-order chi connectivity index (χ0) is 24.5. The van der Waals surface area contributed by atoms with Gasteiger partial charge in [-0.05, 0) is 75.7 Å². The zero-order valence-electron chi connectivity index (χ0n) is 20.2. The number of halogens is 1. The molecule has 1 aliphatic carbocycles. The van der Waals surface area contributed by atoms with E-state index in [1.54, 1.807) is 18.3 Å². The van der Waals surface area contributed by atoms with Crippen LogP contribution in [0, 0.1) is 5.82 Å². The minimum absolute atomic E-state index is 0.0382. The van der Waals surface area contributed by atoms with E-state index in [-0.39, 0.29) is 18.4 Å². The Morgan fingerprint density at radius 2 is 1.79 bits per heavy atom. The average Bonchev–Trinajstić information content (AvgIpc) is 3.42. The normalized spacial score (nSPS) is 23.0. The molecule has 0 bridgehead atoms. The monoisotopic (exact) mass is 456 g/mol. The fourth-order valence-electron chi connectivity index (χ4n) is 5.26. The molecule has 5 nitrogen and oxygen atoms in total. The van der Waals surface area contributed by atoms with E-state index in [1.165, 1.54) is 11.0 Å². The minimum Gasteiger partial charge on any atom is -0.399 e. The van der Waals surface area contributed by atoms with E-state index in [1.807, 2.05) is 33.8 Å². The molecule has 1 saturated heterocycles. The number of nitrogens with zero attached hydrogens (tertiary/aromatic N) is 2. The molecular formula is C25H28B3FN2O3. The van der Waals surface area contributed by atoms with Crippen molar-refractivity contribution >= 4 is 34.2 Å². The van der Waals surface area contributed by atoms with Crippen molar-refractivity contribution in [2.24, 2.45) is 0 Å². The summed E-state index contributed by atoms with van der Waals surface area (Å²) in [5.74, 6) is -0.573. The maximum atomic E-state index is 15.8. The summed E-state index contributed by atoms with van der Waals surface area (Å²) in [5.41, 5.74) is 1.55. The predicted molar refractivity (Wildman–Crippen MR) is 131 cm³/mol. The first-order valence-electron chi connectivity index (χ1n) is 12.0. The van der Waals surface area contributed by atoms with Crippen LogP contribution < -0.4 is 5.46 Å². The van der Waals surface area contributed by atoms with Crippen molar-refractivity contribution in [2.75, 3.05) is 0 Å². The van der Waals surface area contributed by atoms with E-state index in [2.05, 4.69) is 4.98 Å². The molecule has 2 fully saturated rings. The second-order valence-corrected chi connectivity index (χ2v) is 10.8. The smallest absolute Gasteiger partial charge is 0.399 e. The number of pyridine rings is 1. The van der Waals surface area contributed by atoms with Crippen LogP contribution in [0.5, 0.6) is 0 Å². The van der Waals surface area contributed by atoms with Crippen LogP contribution in [0.2, 0.25) is 0 Å². The molecule has 0 spiro atoms. The average molecular weight is 456 g/mol. The molecule has 0 unspecified atom stereocenters. The molecule has 172 valence electrons. The molecule has 3 heterocycles. The van der Waals surface area contributed by atoms with Crippen LogP contribution >= 0.6 is 0 Å². The molecule has 4 radical (unpaired) electrons. The first-order valence-corrected chi connectivity index (χ1v) is 12.0. The van der Waals surface area contributed by atoms with Gasteiger partial charge < -0.3 is 14.2 Å². The highest BCUT2D eigenvalue weighted by Crippen LogP contribution is 2.41. The molecule has 5 rings (SSSR count). The lowest BCUT2D eigenvalue weighted by Crippen LogP contribution is -2.45. The lowest BCUT2D eigenvalue weighted by Gasteiger charge is -2.34. The standard InChI is InChI=1S/C25H28B3FN2O3/c1-23(2)24(3,4)34-28(33-23)16-12-18(15-8-5-6-9-15)19(20(29)13-16)14-31-22(32)17-10-7-11-30-21(17)25(31,26)27/h7,10-13,15H,5-6,8-9,14H2,1-4H3. The van der Waals surface area contributed by atoms with Crippen LogP contribution in [0.25, 0.3) is 0 Å². The van der Waals surface area contributed by atoms with E-state index in [4.69, 9.17) is 25.0 Å². The highest BCUT2D eigenvalue weighted by Gasteiger charge is 2.52. The summed E-state index contributed by atoms with van der Waals surface area (Å²) in [6.45, 7) is 7.86. The van der Waals surface area contributed by atoms with Crippen LogP contribution in [-0.2, 0) is 21.2 Å². The SMILES string of the molecule is [B]C1([B])c2ncccc2C(=O)N1Cc1c(F)cc(B2OC(C)(C)C(C)(C)O2)cc1C1CCCC1. The molecule has 1 aromatic heterocycles. The predicted octanol–water partition coefficient (Wildman–Crippen LogP) is 3.28. The number of carbonyl (C=O) groups is 1. The Morgan fingerprint density at radius 3 is 2.41 bits per heavy atom. The van der Waals surface area contributed by atoms with Crippen molar-refractivity contribution in [2.45, 2.75) is 82.4 Å². The number of amides is 1. The molecule has 1 saturated carbocycles. The third-order valence-corrected chi connectivity index (χ3v) is 8.00. The number of rotatable bonds is 4. The highest BCUT2D eigenvalue weighted by molar-refractivity contribution is 6.62. The van der Waals surface area contributed by atoms with Crippen LogP contribution in [0.3, 0.4) is 0 Å². The first kappa shape index (κ1) is 23.6. The first-order chi connectivity index (χ1) is 15.9. The van der Waals surface area contributed by atoms with Crippen LogP contribution in [-0.4, -0.2) is 49.8 Å². The van der Waals surface area contributed by atoms with Gasteiger partial charge in [0, 0.05) is 23.6 Å². The van der Waals surface area contributed by atoms with Crippen molar-refractivity contribution < 1.29 is 18.5 Å². The van der Waals surface area contributed by atoms with Gasteiger partial charge in [-0.15, -0.1) is 0 Å². The van der Waals surface area contributed by atoms with Gasteiger partial charge in [0.2, 0.25) is 0 Å². The quantitative estimate of drug-likeness (QED) is 0.664. The van der Waals surface area contributed by atoms with E-state index in [0.717, 1.165) is 31.2 Å². The molecule has 1 amide bonds. The molecule has 2 aromatic rings. The second-order valence-electron chi connectivity index (χ2n) is 10.8. The zero-order valence-corrected chi connectivity index (χ0v) is 20.2. The van der Waals surface area contributed by atoms with Crippen LogP contribution in [0.4, 0.5) is 4.39 Å². The van der Waals surface area contributed by atoms with E-state index < -0.39 is 29.5 Å². The van der Waals surface area contributed by atoms with Crippen molar-refractivity contribution in [3.05, 3.63) is 58.7 Å². The number of benzene rings is 1. The van der Waals surface area contributed by atoms with Gasteiger partial charge >= 0.3 is 7.12 Å². The lowest BCUT2D eigenvalue weighted by molar-refractivity contribution is 0.00578. The van der Waals surface area contributed by atoms with Gasteiger partial charge in [0.05, 0.1) is 38.2 Å². The Balaban J connectivity index is 1.54. The summed E-state index contributed by atoms with van der Waals surface area (Å²) in [4.78, 5) is 18.7. The Morgan fingerprint density at radius 1 is 1.15 bits per heavy atom. The highest BCUT2D eigenvalue weighted by atomic mass is 19.1. The summed E-state index contributed by atoms with van der Waals surface area (Å²) in [6, 6.07) is 6.75. The Labute approximate surface area is 203 Å². The third-order valence-electron chi connectivity index (χ3n) is 8.00. The summed E-state index contributed by atoms with van der Waals surface area (Å²) >= 11 is 0. The van der Waals surface area contributed by atoms with Crippen molar-refractivity contribution in [3.63, 3.8) is 0 Å². The molecular weight excluding hydrogens is 428 g/mol. The Hall–Kier alpha value is -2.12. The summed E-state index contributed by atoms with van der Waals surface area (Å²) < 4.78 is 28.2. The molecule has 1 aromatic carbocycles. The Kier molecular flexibility index (Phi) is 5.53. The lowest BCUT2D eigenvalue weighted by atomic mass is 9.59. The van der Waals surface area contributed by atoms with Gasteiger partial charge in [0.25, 0.3) is 5.91 Å². The van der Waals surface area contributed by atoms with Crippen LogP contribution in [0.15, 0.2) is 30.5 Å². The fourth-order valence-corrected chi connectivity index (χ4v) is 5.26. The molecule has 3 aliphatic rings.